The molecule has 2 rings (SSSR count). The second-order valence-corrected chi connectivity index (χ2v) is 7.13. The van der Waals surface area contributed by atoms with Crippen LogP contribution in [-0.2, 0) is 11.2 Å². The highest BCUT2D eigenvalue weighted by Gasteiger charge is 2.22. The van der Waals surface area contributed by atoms with Crippen LogP contribution in [0.5, 0.6) is 5.75 Å². The molecule has 0 radical (unpaired) electrons. The van der Waals surface area contributed by atoms with Crippen molar-refractivity contribution in [3.8, 4) is 5.75 Å². The predicted octanol–water partition coefficient (Wildman–Crippen LogP) is 2.28. The van der Waals surface area contributed by atoms with E-state index in [9.17, 15) is 4.79 Å². The minimum Gasteiger partial charge on any atom is -0.496 e. The van der Waals surface area contributed by atoms with Crippen molar-refractivity contribution >= 4 is 6.03 Å². The van der Waals surface area contributed by atoms with Crippen LogP contribution in [0.2, 0.25) is 0 Å². The van der Waals surface area contributed by atoms with Gasteiger partial charge in [-0.25, -0.2) is 4.79 Å². The lowest BCUT2D eigenvalue weighted by Crippen LogP contribution is -2.50. The largest absolute Gasteiger partial charge is 0.496 e. The highest BCUT2D eigenvalue weighted by Crippen LogP contribution is 2.17. The van der Waals surface area contributed by atoms with E-state index in [4.69, 9.17) is 9.47 Å². The molecule has 2 amide bonds. The normalized spacial score (nSPS) is 16.3. The quantitative estimate of drug-likeness (QED) is 0.707. The van der Waals surface area contributed by atoms with Crippen LogP contribution in [-0.4, -0.2) is 63.5 Å². The van der Waals surface area contributed by atoms with E-state index in [-0.39, 0.29) is 6.03 Å². The van der Waals surface area contributed by atoms with Crippen LogP contribution >= 0.6 is 0 Å². The lowest BCUT2D eigenvalue weighted by atomic mass is 10.0. The van der Waals surface area contributed by atoms with Crippen molar-refractivity contribution in [2.75, 3.05) is 46.5 Å². The SMILES string of the molecule is COc1ccccc1CCNC(=O)NCC(CC(C)C)N1CCOCC1. The van der Waals surface area contributed by atoms with E-state index in [1.165, 1.54) is 0 Å². The molecule has 1 aliphatic heterocycles. The van der Waals surface area contributed by atoms with Crippen LogP contribution in [0.3, 0.4) is 0 Å². The number of carbonyl (C=O) groups excluding carboxylic acids is 1. The van der Waals surface area contributed by atoms with Gasteiger partial charge in [0.25, 0.3) is 0 Å². The van der Waals surface area contributed by atoms with Gasteiger partial charge in [-0.05, 0) is 30.4 Å². The number of nitrogens with zero attached hydrogens (tertiary/aromatic N) is 1. The fourth-order valence-corrected chi connectivity index (χ4v) is 3.34. The third kappa shape index (κ3) is 6.84. The molecule has 146 valence electrons. The zero-order valence-corrected chi connectivity index (χ0v) is 16.3. The van der Waals surface area contributed by atoms with Crippen molar-refractivity contribution in [1.29, 1.82) is 0 Å². The fourth-order valence-electron chi connectivity index (χ4n) is 3.34. The molecule has 0 spiro atoms. The molecule has 1 aromatic carbocycles. The Balaban J connectivity index is 1.74. The number of amides is 2. The summed E-state index contributed by atoms with van der Waals surface area (Å²) in [5.74, 6) is 1.46. The zero-order valence-electron chi connectivity index (χ0n) is 16.3. The van der Waals surface area contributed by atoms with Gasteiger partial charge in [-0.15, -0.1) is 0 Å². The molecule has 0 aliphatic carbocycles. The van der Waals surface area contributed by atoms with Crippen LogP contribution in [0.4, 0.5) is 4.79 Å². The molecule has 1 saturated heterocycles. The molecule has 1 atom stereocenters. The van der Waals surface area contributed by atoms with Gasteiger partial charge in [0, 0.05) is 32.2 Å². The van der Waals surface area contributed by atoms with E-state index in [0.717, 1.165) is 50.5 Å². The number of ether oxygens (including phenoxy) is 2. The standard InChI is InChI=1S/C20H33N3O3/c1-16(2)14-18(23-10-12-26-13-11-23)15-22-20(24)21-9-8-17-6-4-5-7-19(17)25-3/h4-7,16,18H,8-15H2,1-3H3,(H2,21,22,24). The Morgan fingerprint density at radius 2 is 1.96 bits per heavy atom. The Kier molecular flexibility index (Phi) is 8.71. The molecule has 1 fully saturated rings. The minimum absolute atomic E-state index is 0.109. The van der Waals surface area contributed by atoms with E-state index in [2.05, 4.69) is 29.4 Å². The average molecular weight is 364 g/mol. The number of rotatable bonds is 9. The van der Waals surface area contributed by atoms with Crippen molar-refractivity contribution in [2.24, 2.45) is 5.92 Å². The highest BCUT2D eigenvalue weighted by molar-refractivity contribution is 5.73. The zero-order chi connectivity index (χ0) is 18.8. The van der Waals surface area contributed by atoms with Gasteiger partial charge in [0.05, 0.1) is 20.3 Å². The summed E-state index contributed by atoms with van der Waals surface area (Å²) in [6.45, 7) is 9.13. The van der Waals surface area contributed by atoms with Crippen LogP contribution in [0.15, 0.2) is 24.3 Å². The first-order valence-electron chi connectivity index (χ1n) is 9.55. The molecule has 1 aromatic rings. The minimum atomic E-state index is -0.109. The third-order valence-electron chi connectivity index (χ3n) is 4.68. The van der Waals surface area contributed by atoms with Crippen LogP contribution in [0, 0.1) is 5.92 Å². The first-order valence-corrected chi connectivity index (χ1v) is 9.55. The molecule has 26 heavy (non-hydrogen) atoms. The van der Waals surface area contributed by atoms with Gasteiger partial charge in [-0.2, -0.15) is 0 Å². The molecule has 0 aromatic heterocycles. The molecule has 1 unspecified atom stereocenters. The van der Waals surface area contributed by atoms with Gasteiger partial charge in [-0.1, -0.05) is 32.0 Å². The maximum absolute atomic E-state index is 12.2. The number of morpholine rings is 1. The van der Waals surface area contributed by atoms with Crippen molar-refractivity contribution in [1.82, 2.24) is 15.5 Å². The Morgan fingerprint density at radius 1 is 1.23 bits per heavy atom. The van der Waals surface area contributed by atoms with Gasteiger partial charge in [0.15, 0.2) is 0 Å². The molecule has 2 N–H and O–H groups in total. The van der Waals surface area contributed by atoms with Crippen molar-refractivity contribution in [2.45, 2.75) is 32.7 Å². The number of nitrogens with one attached hydrogen (secondary N) is 2. The Labute approximate surface area is 157 Å². The Bertz CT molecular complexity index is 545. The summed E-state index contributed by atoms with van der Waals surface area (Å²) in [4.78, 5) is 14.6. The van der Waals surface area contributed by atoms with Gasteiger partial charge in [0.2, 0.25) is 0 Å². The first-order chi connectivity index (χ1) is 12.6. The van der Waals surface area contributed by atoms with Crippen LogP contribution < -0.4 is 15.4 Å². The first kappa shape index (κ1) is 20.5. The van der Waals surface area contributed by atoms with E-state index >= 15 is 0 Å². The summed E-state index contributed by atoms with van der Waals surface area (Å²) in [5.41, 5.74) is 1.10. The molecule has 0 bridgehead atoms. The highest BCUT2D eigenvalue weighted by atomic mass is 16.5. The number of urea groups is 1. The van der Waals surface area contributed by atoms with Gasteiger partial charge in [-0.3, -0.25) is 4.90 Å². The molecule has 6 heteroatoms. The van der Waals surface area contributed by atoms with Gasteiger partial charge >= 0.3 is 6.03 Å². The molecular formula is C20H33N3O3. The summed E-state index contributed by atoms with van der Waals surface area (Å²) < 4.78 is 10.8. The average Bonchev–Trinajstić information content (AvgIpc) is 2.66. The summed E-state index contributed by atoms with van der Waals surface area (Å²) in [6.07, 6.45) is 1.82. The van der Waals surface area contributed by atoms with Crippen LogP contribution in [0.25, 0.3) is 0 Å². The van der Waals surface area contributed by atoms with Gasteiger partial charge < -0.3 is 20.1 Å². The summed E-state index contributed by atoms with van der Waals surface area (Å²) in [7, 11) is 1.67. The smallest absolute Gasteiger partial charge is 0.314 e. The number of carbonyl (C=O) groups is 1. The third-order valence-corrected chi connectivity index (χ3v) is 4.68. The van der Waals surface area contributed by atoms with Crippen molar-refractivity contribution in [3.63, 3.8) is 0 Å². The van der Waals surface area contributed by atoms with E-state index in [1.807, 2.05) is 24.3 Å². The molecule has 1 heterocycles. The van der Waals surface area contributed by atoms with Gasteiger partial charge in [0.1, 0.15) is 5.75 Å². The van der Waals surface area contributed by atoms with E-state index in [0.29, 0.717) is 25.0 Å². The summed E-state index contributed by atoms with van der Waals surface area (Å²) in [5, 5.41) is 5.98. The molecular weight excluding hydrogens is 330 g/mol. The monoisotopic (exact) mass is 363 g/mol. The maximum atomic E-state index is 12.2. The molecule has 0 saturated carbocycles. The summed E-state index contributed by atoms with van der Waals surface area (Å²) in [6, 6.07) is 8.14. The lowest BCUT2D eigenvalue weighted by Gasteiger charge is -2.35. The fraction of sp³-hybridized carbons (Fsp3) is 0.650. The number of hydrogen-bond donors (Lipinski definition) is 2. The number of hydrogen-bond acceptors (Lipinski definition) is 4. The summed E-state index contributed by atoms with van der Waals surface area (Å²) >= 11 is 0. The van der Waals surface area contributed by atoms with Crippen LogP contribution in [0.1, 0.15) is 25.8 Å². The molecule has 1 aliphatic rings. The predicted molar refractivity (Wildman–Crippen MR) is 104 cm³/mol. The Morgan fingerprint density at radius 3 is 2.65 bits per heavy atom. The van der Waals surface area contributed by atoms with Crippen molar-refractivity contribution < 1.29 is 14.3 Å². The second-order valence-electron chi connectivity index (χ2n) is 7.13. The number of benzene rings is 1. The van der Waals surface area contributed by atoms with Crippen molar-refractivity contribution in [3.05, 3.63) is 29.8 Å². The van der Waals surface area contributed by atoms with E-state index < -0.39 is 0 Å². The topological polar surface area (TPSA) is 62.8 Å². The lowest BCUT2D eigenvalue weighted by molar-refractivity contribution is 0.0129. The maximum Gasteiger partial charge on any atom is 0.314 e. The number of para-hydroxylation sites is 1. The second kappa shape index (κ2) is 11.0. The van der Waals surface area contributed by atoms with E-state index in [1.54, 1.807) is 7.11 Å². The Hall–Kier alpha value is -1.79. The molecule has 6 nitrogen and oxygen atoms in total. The number of methoxy groups -OCH3 is 1.